The van der Waals surface area contributed by atoms with Gasteiger partial charge in [0.1, 0.15) is 29.2 Å². The molecule has 0 aromatic heterocycles. The molecule has 0 saturated carbocycles. The lowest BCUT2D eigenvalue weighted by molar-refractivity contribution is -0.145. The number of carbonyl (C=O) groups excluding carboxylic acids is 3. The lowest BCUT2D eigenvalue weighted by Gasteiger charge is -2.38. The molecule has 0 radical (unpaired) electrons. The SMILES string of the molecule is CCCC(C)NC(=O)C(c1ccc(O)c(C)c1)N(C(=O)C(Cc1ccc(O)cc1)NC(=O)OC(C)(C)C)C(C)CC. The molecule has 4 N–H and O–H groups in total. The van der Waals surface area contributed by atoms with Crippen molar-refractivity contribution >= 4 is 17.9 Å². The summed E-state index contributed by atoms with van der Waals surface area (Å²) in [6.45, 7) is 14.7. The number of hydrogen-bond donors (Lipinski definition) is 4. The van der Waals surface area contributed by atoms with E-state index in [1.165, 1.54) is 23.1 Å². The van der Waals surface area contributed by atoms with Crippen LogP contribution in [0.4, 0.5) is 4.79 Å². The monoisotopic (exact) mass is 569 g/mol. The van der Waals surface area contributed by atoms with Crippen LogP contribution in [0.3, 0.4) is 0 Å². The standard InChI is InChI=1S/C32H47N3O6/c1-9-11-21(4)33-29(38)28(24-14-17-27(37)20(3)18-24)35(22(5)10-2)30(39)26(34-31(40)41-32(6,7)8)19-23-12-15-25(36)16-13-23/h12-18,21-22,26,28,36-37H,9-11,19H2,1-8H3,(H,33,38)(H,34,40). The number of benzene rings is 2. The predicted molar refractivity (Wildman–Crippen MR) is 160 cm³/mol. The van der Waals surface area contributed by atoms with Crippen molar-refractivity contribution in [1.29, 1.82) is 0 Å². The van der Waals surface area contributed by atoms with Gasteiger partial charge in [0, 0.05) is 18.5 Å². The van der Waals surface area contributed by atoms with Gasteiger partial charge in [0.05, 0.1) is 0 Å². The summed E-state index contributed by atoms with van der Waals surface area (Å²) in [6, 6.07) is 8.70. The first-order chi connectivity index (χ1) is 19.2. The van der Waals surface area contributed by atoms with E-state index in [9.17, 15) is 24.6 Å². The van der Waals surface area contributed by atoms with E-state index < -0.39 is 29.7 Å². The van der Waals surface area contributed by atoms with Crippen molar-refractivity contribution in [3.05, 3.63) is 59.2 Å². The van der Waals surface area contributed by atoms with Crippen LogP contribution in [0, 0.1) is 6.92 Å². The maximum absolute atomic E-state index is 14.5. The molecule has 3 amide bonds. The van der Waals surface area contributed by atoms with Gasteiger partial charge in [-0.3, -0.25) is 9.59 Å². The Morgan fingerprint density at radius 3 is 2.15 bits per heavy atom. The second-order valence-electron chi connectivity index (χ2n) is 11.7. The van der Waals surface area contributed by atoms with Gasteiger partial charge in [0.25, 0.3) is 0 Å². The number of phenolic OH excluding ortho intramolecular Hbond substituents is 2. The number of alkyl carbamates (subject to hydrolysis) is 1. The van der Waals surface area contributed by atoms with Crippen molar-refractivity contribution in [2.45, 2.75) is 111 Å². The van der Waals surface area contributed by atoms with Gasteiger partial charge in [0.15, 0.2) is 0 Å². The molecule has 4 unspecified atom stereocenters. The van der Waals surface area contributed by atoms with E-state index in [2.05, 4.69) is 10.6 Å². The maximum atomic E-state index is 14.5. The van der Waals surface area contributed by atoms with Crippen LogP contribution in [0.1, 0.15) is 90.5 Å². The van der Waals surface area contributed by atoms with Crippen LogP contribution in [0.15, 0.2) is 42.5 Å². The third-order valence-corrected chi connectivity index (χ3v) is 6.86. The Morgan fingerprint density at radius 2 is 1.61 bits per heavy atom. The van der Waals surface area contributed by atoms with E-state index in [0.29, 0.717) is 23.1 Å². The summed E-state index contributed by atoms with van der Waals surface area (Å²) in [5, 5.41) is 25.7. The quantitative estimate of drug-likeness (QED) is 0.267. The van der Waals surface area contributed by atoms with Crippen LogP contribution in [-0.2, 0) is 20.7 Å². The fourth-order valence-corrected chi connectivity index (χ4v) is 4.61. The zero-order chi connectivity index (χ0) is 30.9. The molecule has 0 saturated heterocycles. The number of carbonyl (C=O) groups is 3. The number of hydrogen-bond acceptors (Lipinski definition) is 6. The van der Waals surface area contributed by atoms with Crippen LogP contribution in [0.5, 0.6) is 11.5 Å². The summed E-state index contributed by atoms with van der Waals surface area (Å²) in [7, 11) is 0. The number of rotatable bonds is 12. The highest BCUT2D eigenvalue weighted by molar-refractivity contribution is 5.92. The van der Waals surface area contributed by atoms with E-state index in [4.69, 9.17) is 4.74 Å². The molecule has 2 rings (SSSR count). The topological polar surface area (TPSA) is 128 Å². The van der Waals surface area contributed by atoms with Crippen LogP contribution >= 0.6 is 0 Å². The number of phenols is 2. The Balaban J connectivity index is 2.62. The molecule has 0 bridgehead atoms. The summed E-state index contributed by atoms with van der Waals surface area (Å²) in [4.78, 5) is 42.8. The van der Waals surface area contributed by atoms with E-state index in [-0.39, 0.29) is 35.9 Å². The first-order valence-corrected chi connectivity index (χ1v) is 14.4. The van der Waals surface area contributed by atoms with Gasteiger partial charge in [-0.15, -0.1) is 0 Å². The van der Waals surface area contributed by atoms with Gasteiger partial charge in [-0.25, -0.2) is 4.79 Å². The molecule has 0 spiro atoms. The van der Waals surface area contributed by atoms with Gasteiger partial charge in [-0.05, 0) is 95.3 Å². The lowest BCUT2D eigenvalue weighted by Crippen LogP contribution is -2.56. The summed E-state index contributed by atoms with van der Waals surface area (Å²) in [5.41, 5.74) is 1.05. The Morgan fingerprint density at radius 1 is 0.976 bits per heavy atom. The molecule has 9 nitrogen and oxygen atoms in total. The van der Waals surface area contributed by atoms with E-state index in [1.54, 1.807) is 52.0 Å². The minimum atomic E-state index is -1.06. The fourth-order valence-electron chi connectivity index (χ4n) is 4.61. The molecule has 0 aliphatic rings. The second-order valence-corrected chi connectivity index (χ2v) is 11.7. The highest BCUT2D eigenvalue weighted by Crippen LogP contribution is 2.30. The van der Waals surface area contributed by atoms with Crippen LogP contribution < -0.4 is 10.6 Å². The van der Waals surface area contributed by atoms with E-state index >= 15 is 0 Å². The number of aromatic hydroxyl groups is 2. The van der Waals surface area contributed by atoms with Gasteiger partial charge in [-0.2, -0.15) is 0 Å². The largest absolute Gasteiger partial charge is 0.508 e. The van der Waals surface area contributed by atoms with Crippen molar-refractivity contribution in [2.75, 3.05) is 0 Å². The molecule has 0 aliphatic heterocycles. The smallest absolute Gasteiger partial charge is 0.408 e. The summed E-state index contributed by atoms with van der Waals surface area (Å²) in [5.74, 6) is -0.623. The summed E-state index contributed by atoms with van der Waals surface area (Å²) >= 11 is 0. The number of nitrogens with one attached hydrogen (secondary N) is 2. The molecule has 9 heteroatoms. The Labute approximate surface area is 244 Å². The number of ether oxygens (including phenoxy) is 1. The van der Waals surface area contributed by atoms with Gasteiger partial charge < -0.3 is 30.5 Å². The molecule has 41 heavy (non-hydrogen) atoms. The third kappa shape index (κ3) is 9.99. The van der Waals surface area contributed by atoms with Crippen molar-refractivity contribution in [3.63, 3.8) is 0 Å². The fraction of sp³-hybridized carbons (Fsp3) is 0.531. The third-order valence-electron chi connectivity index (χ3n) is 6.86. The summed E-state index contributed by atoms with van der Waals surface area (Å²) < 4.78 is 5.47. The van der Waals surface area contributed by atoms with E-state index in [0.717, 1.165) is 12.8 Å². The molecular weight excluding hydrogens is 522 g/mol. The average molecular weight is 570 g/mol. The molecule has 226 valence electrons. The Hall–Kier alpha value is -3.75. The minimum absolute atomic E-state index is 0.0820. The van der Waals surface area contributed by atoms with Crippen molar-refractivity contribution < 1.29 is 29.3 Å². The van der Waals surface area contributed by atoms with Crippen LogP contribution in [-0.4, -0.2) is 56.7 Å². The summed E-state index contributed by atoms with van der Waals surface area (Å²) in [6.07, 6.45) is 1.56. The highest BCUT2D eigenvalue weighted by Gasteiger charge is 2.39. The lowest BCUT2D eigenvalue weighted by atomic mass is 9.96. The molecule has 2 aromatic carbocycles. The molecule has 4 atom stereocenters. The zero-order valence-electron chi connectivity index (χ0n) is 25.7. The number of amides is 3. The average Bonchev–Trinajstić information content (AvgIpc) is 2.88. The molecule has 2 aromatic rings. The van der Waals surface area contributed by atoms with Crippen LogP contribution in [0.25, 0.3) is 0 Å². The van der Waals surface area contributed by atoms with Crippen molar-refractivity contribution in [1.82, 2.24) is 15.5 Å². The van der Waals surface area contributed by atoms with Crippen LogP contribution in [0.2, 0.25) is 0 Å². The minimum Gasteiger partial charge on any atom is -0.508 e. The first-order valence-electron chi connectivity index (χ1n) is 14.4. The second kappa shape index (κ2) is 14.8. The zero-order valence-corrected chi connectivity index (χ0v) is 25.7. The van der Waals surface area contributed by atoms with Gasteiger partial charge in [0.2, 0.25) is 11.8 Å². The predicted octanol–water partition coefficient (Wildman–Crippen LogP) is 5.52. The Kier molecular flexibility index (Phi) is 12.0. The normalized spacial score (nSPS) is 14.3. The molecule has 0 fully saturated rings. The van der Waals surface area contributed by atoms with Gasteiger partial charge in [-0.1, -0.05) is 38.5 Å². The molecular formula is C32H47N3O6. The highest BCUT2D eigenvalue weighted by atomic mass is 16.6. The Bertz CT molecular complexity index is 1170. The van der Waals surface area contributed by atoms with E-state index in [1.807, 2.05) is 27.7 Å². The molecule has 0 heterocycles. The maximum Gasteiger partial charge on any atom is 0.408 e. The first kappa shape index (κ1) is 33.5. The molecule has 0 aliphatic carbocycles. The van der Waals surface area contributed by atoms with Gasteiger partial charge >= 0.3 is 6.09 Å². The number of nitrogens with zero attached hydrogens (tertiary/aromatic N) is 1. The number of aryl methyl sites for hydroxylation is 1. The van der Waals surface area contributed by atoms with Crippen molar-refractivity contribution in [3.8, 4) is 11.5 Å². The van der Waals surface area contributed by atoms with Crippen molar-refractivity contribution in [2.24, 2.45) is 0 Å².